The van der Waals surface area contributed by atoms with Gasteiger partial charge in [0.2, 0.25) is 11.8 Å². The number of hydrogen-bond acceptors (Lipinski definition) is 3. The van der Waals surface area contributed by atoms with Gasteiger partial charge in [0.1, 0.15) is 6.04 Å². The Balaban J connectivity index is 2.40. The lowest BCUT2D eigenvalue weighted by atomic mass is 10.2. The molecule has 1 rings (SSSR count). The first kappa shape index (κ1) is 12.0. The normalized spacial score (nSPS) is 21.3. The highest BCUT2D eigenvalue weighted by atomic mass is 16.5. The monoisotopic (exact) mass is 214 g/mol. The van der Waals surface area contributed by atoms with Crippen LogP contribution in [-0.2, 0) is 14.3 Å². The molecule has 5 heteroatoms. The molecule has 15 heavy (non-hydrogen) atoms. The lowest BCUT2D eigenvalue weighted by molar-refractivity contribution is -0.143. The fraction of sp³-hybridized carbons (Fsp3) is 0.800. The van der Waals surface area contributed by atoms with Gasteiger partial charge < -0.3 is 15.0 Å². The van der Waals surface area contributed by atoms with E-state index in [9.17, 15) is 9.59 Å². The first-order valence-electron chi connectivity index (χ1n) is 5.31. The van der Waals surface area contributed by atoms with Gasteiger partial charge in [-0.15, -0.1) is 0 Å². The largest absolute Gasteiger partial charge is 0.381 e. The second-order valence-electron chi connectivity index (χ2n) is 3.50. The van der Waals surface area contributed by atoms with Crippen LogP contribution < -0.4 is 5.32 Å². The highest BCUT2D eigenvalue weighted by molar-refractivity contribution is 5.88. The van der Waals surface area contributed by atoms with Crippen LogP contribution in [0.2, 0.25) is 0 Å². The molecule has 0 saturated carbocycles. The van der Waals surface area contributed by atoms with Gasteiger partial charge in [0.05, 0.1) is 13.0 Å². The average Bonchev–Trinajstić information content (AvgIpc) is 2.22. The van der Waals surface area contributed by atoms with Gasteiger partial charge in [0.15, 0.2) is 0 Å². The maximum atomic E-state index is 11.7. The molecule has 1 atom stereocenters. The molecule has 1 unspecified atom stereocenters. The van der Waals surface area contributed by atoms with E-state index in [-0.39, 0.29) is 17.9 Å². The van der Waals surface area contributed by atoms with Gasteiger partial charge in [-0.05, 0) is 13.8 Å². The van der Waals surface area contributed by atoms with Crippen molar-refractivity contribution in [2.75, 3.05) is 26.3 Å². The van der Waals surface area contributed by atoms with Crippen LogP contribution in [0.4, 0.5) is 0 Å². The Kier molecular flexibility index (Phi) is 4.55. The lowest BCUT2D eigenvalue weighted by Gasteiger charge is -2.32. The summed E-state index contributed by atoms with van der Waals surface area (Å²) < 4.78 is 5.11. The van der Waals surface area contributed by atoms with Gasteiger partial charge in [-0.1, -0.05) is 0 Å². The number of amides is 2. The van der Waals surface area contributed by atoms with E-state index in [0.29, 0.717) is 32.7 Å². The van der Waals surface area contributed by atoms with Crippen LogP contribution in [0.5, 0.6) is 0 Å². The van der Waals surface area contributed by atoms with Gasteiger partial charge in [-0.3, -0.25) is 9.59 Å². The van der Waals surface area contributed by atoms with Crippen molar-refractivity contribution in [3.05, 3.63) is 0 Å². The molecule has 1 aliphatic heterocycles. The molecule has 2 amide bonds. The molecular formula is C10H18N2O3. The van der Waals surface area contributed by atoms with Crippen LogP contribution in [0.3, 0.4) is 0 Å². The van der Waals surface area contributed by atoms with E-state index in [0.717, 1.165) is 0 Å². The summed E-state index contributed by atoms with van der Waals surface area (Å²) in [6, 6.07) is -0.354. The van der Waals surface area contributed by atoms with E-state index in [1.165, 1.54) is 0 Å². The summed E-state index contributed by atoms with van der Waals surface area (Å²) in [7, 11) is 0. The molecule has 5 nitrogen and oxygen atoms in total. The number of rotatable bonds is 4. The summed E-state index contributed by atoms with van der Waals surface area (Å²) in [5.41, 5.74) is 0. The van der Waals surface area contributed by atoms with Gasteiger partial charge in [-0.25, -0.2) is 0 Å². The van der Waals surface area contributed by atoms with Crippen molar-refractivity contribution in [3.8, 4) is 0 Å². The van der Waals surface area contributed by atoms with Gasteiger partial charge in [0.25, 0.3) is 0 Å². The zero-order valence-electron chi connectivity index (χ0n) is 9.28. The molecule has 1 aliphatic rings. The Hall–Kier alpha value is -1.10. The van der Waals surface area contributed by atoms with Gasteiger partial charge in [-0.2, -0.15) is 0 Å². The van der Waals surface area contributed by atoms with Gasteiger partial charge in [0, 0.05) is 19.7 Å². The van der Waals surface area contributed by atoms with Crippen molar-refractivity contribution >= 4 is 11.8 Å². The maximum absolute atomic E-state index is 11.7. The number of carbonyl (C=O) groups excluding carboxylic acids is 2. The summed E-state index contributed by atoms with van der Waals surface area (Å²) in [5, 5.41) is 2.72. The number of carbonyl (C=O) groups is 2. The Labute approximate surface area is 89.8 Å². The zero-order valence-corrected chi connectivity index (χ0v) is 9.28. The van der Waals surface area contributed by atoms with E-state index in [4.69, 9.17) is 4.74 Å². The molecule has 86 valence electrons. The van der Waals surface area contributed by atoms with Crippen LogP contribution in [0.25, 0.3) is 0 Å². The Bertz CT molecular complexity index is 243. The molecule has 0 aromatic heterocycles. The van der Waals surface area contributed by atoms with E-state index in [2.05, 4.69) is 5.32 Å². The van der Waals surface area contributed by atoms with E-state index in [1.807, 2.05) is 6.92 Å². The second-order valence-corrected chi connectivity index (χ2v) is 3.50. The third-order valence-electron chi connectivity index (χ3n) is 2.48. The summed E-state index contributed by atoms with van der Waals surface area (Å²) in [6.45, 7) is 5.82. The fourth-order valence-corrected chi connectivity index (χ4v) is 1.57. The summed E-state index contributed by atoms with van der Waals surface area (Å²) in [5.74, 6) is -0.0863. The standard InChI is InChI=1S/C10H18N2O3/c1-3-15-7-4-9(13)12-6-5-11-10(14)8(12)2/h8H,3-7H2,1-2H3,(H,11,14). The van der Waals surface area contributed by atoms with E-state index in [1.54, 1.807) is 11.8 Å². The molecule has 1 saturated heterocycles. The quantitative estimate of drug-likeness (QED) is 0.657. The number of piperazine rings is 1. The van der Waals surface area contributed by atoms with Crippen molar-refractivity contribution in [3.63, 3.8) is 0 Å². The first-order valence-corrected chi connectivity index (χ1v) is 5.31. The maximum Gasteiger partial charge on any atom is 0.242 e. The van der Waals surface area contributed by atoms with E-state index < -0.39 is 0 Å². The minimum atomic E-state index is -0.354. The Morgan fingerprint density at radius 3 is 3.07 bits per heavy atom. The van der Waals surface area contributed by atoms with Crippen LogP contribution in [0.15, 0.2) is 0 Å². The third-order valence-corrected chi connectivity index (χ3v) is 2.48. The predicted octanol–water partition coefficient (Wildman–Crippen LogP) is -0.240. The SMILES string of the molecule is CCOCCC(=O)N1CCNC(=O)C1C. The lowest BCUT2D eigenvalue weighted by Crippen LogP contribution is -2.55. The van der Waals surface area contributed by atoms with Crippen molar-refractivity contribution < 1.29 is 14.3 Å². The molecule has 0 aromatic rings. The minimum absolute atomic E-state index is 0.00852. The highest BCUT2D eigenvalue weighted by Crippen LogP contribution is 2.06. The molecule has 0 aliphatic carbocycles. The number of nitrogens with one attached hydrogen (secondary N) is 1. The summed E-state index contributed by atoms with van der Waals surface area (Å²) in [4.78, 5) is 24.6. The zero-order chi connectivity index (χ0) is 11.3. The van der Waals surface area contributed by atoms with Gasteiger partial charge >= 0.3 is 0 Å². The molecule has 0 radical (unpaired) electrons. The Morgan fingerprint density at radius 2 is 2.40 bits per heavy atom. The first-order chi connectivity index (χ1) is 7.16. The van der Waals surface area contributed by atoms with Crippen molar-refractivity contribution in [1.29, 1.82) is 0 Å². The minimum Gasteiger partial charge on any atom is -0.381 e. The summed E-state index contributed by atoms with van der Waals surface area (Å²) in [6.07, 6.45) is 0.353. The van der Waals surface area contributed by atoms with Crippen LogP contribution in [-0.4, -0.2) is 49.1 Å². The van der Waals surface area contributed by atoms with E-state index >= 15 is 0 Å². The van der Waals surface area contributed by atoms with Crippen molar-refractivity contribution in [2.45, 2.75) is 26.3 Å². The van der Waals surface area contributed by atoms with Crippen LogP contribution in [0.1, 0.15) is 20.3 Å². The molecule has 0 spiro atoms. The summed E-state index contributed by atoms with van der Waals surface area (Å²) >= 11 is 0. The second kappa shape index (κ2) is 5.70. The molecule has 0 bridgehead atoms. The van der Waals surface area contributed by atoms with Crippen LogP contribution in [0, 0.1) is 0 Å². The fourth-order valence-electron chi connectivity index (χ4n) is 1.57. The predicted molar refractivity (Wildman–Crippen MR) is 55.3 cm³/mol. The number of ether oxygens (including phenoxy) is 1. The molecule has 1 heterocycles. The Morgan fingerprint density at radius 1 is 1.67 bits per heavy atom. The number of hydrogen-bond donors (Lipinski definition) is 1. The topological polar surface area (TPSA) is 58.6 Å². The molecule has 0 aromatic carbocycles. The third kappa shape index (κ3) is 3.20. The molecule has 1 fully saturated rings. The highest BCUT2D eigenvalue weighted by Gasteiger charge is 2.28. The van der Waals surface area contributed by atoms with Crippen LogP contribution >= 0.6 is 0 Å². The molecular weight excluding hydrogens is 196 g/mol. The average molecular weight is 214 g/mol. The van der Waals surface area contributed by atoms with Crippen molar-refractivity contribution in [2.24, 2.45) is 0 Å². The smallest absolute Gasteiger partial charge is 0.242 e. The number of nitrogens with zero attached hydrogens (tertiary/aromatic N) is 1. The molecule has 1 N–H and O–H groups in total. The van der Waals surface area contributed by atoms with Crippen molar-refractivity contribution in [1.82, 2.24) is 10.2 Å².